The molecule has 1 aromatic heterocycles. The van der Waals surface area contributed by atoms with E-state index in [4.69, 9.17) is 9.84 Å². The van der Waals surface area contributed by atoms with Gasteiger partial charge >= 0.3 is 5.69 Å². The summed E-state index contributed by atoms with van der Waals surface area (Å²) in [6, 6.07) is 0. The van der Waals surface area contributed by atoms with Gasteiger partial charge in [-0.15, -0.1) is 0 Å². The van der Waals surface area contributed by atoms with Crippen molar-refractivity contribution >= 4 is 11.6 Å². The minimum Gasteiger partial charge on any atom is -0.474 e. The molecular weight excluding hydrogens is 314 g/mol. The lowest BCUT2D eigenvalue weighted by Gasteiger charge is -2.21. The molecular formula is C12H19N3O8. The highest BCUT2D eigenvalue weighted by Gasteiger charge is 2.25. The SMILES string of the molecule is CCC(=O)Nc1c(OC[C@H](O)[C@H](O)[C@H](O)CO)[nH]c(=O)[nH]c1=O. The van der Waals surface area contributed by atoms with Crippen molar-refractivity contribution in [3.05, 3.63) is 20.8 Å². The number of carbonyl (C=O) groups is 1. The van der Waals surface area contributed by atoms with Gasteiger partial charge in [0.05, 0.1) is 6.61 Å². The highest BCUT2D eigenvalue weighted by molar-refractivity contribution is 5.91. The number of carbonyl (C=O) groups excluding carboxylic acids is 1. The molecule has 0 radical (unpaired) electrons. The fourth-order valence-corrected chi connectivity index (χ4v) is 1.55. The van der Waals surface area contributed by atoms with E-state index >= 15 is 0 Å². The highest BCUT2D eigenvalue weighted by atomic mass is 16.5. The third-order valence-electron chi connectivity index (χ3n) is 2.87. The van der Waals surface area contributed by atoms with Crippen LogP contribution >= 0.6 is 0 Å². The first-order valence-corrected chi connectivity index (χ1v) is 6.74. The van der Waals surface area contributed by atoms with Crippen molar-refractivity contribution in [3.63, 3.8) is 0 Å². The molecule has 0 saturated heterocycles. The Hall–Kier alpha value is -2.21. The standard InChI is InChI=1S/C12H19N3O8/c1-2-7(19)13-8-10(21)14-12(22)15-11(8)23-4-6(18)9(20)5(17)3-16/h5-6,9,16-18,20H,2-4H2,1H3,(H,13,19)(H2,14,15,21,22)/t5-,6+,9-/m1/s1. The number of aliphatic hydroxyl groups excluding tert-OH is 4. The molecule has 3 atom stereocenters. The Labute approximate surface area is 129 Å². The van der Waals surface area contributed by atoms with Gasteiger partial charge in [0.1, 0.15) is 24.9 Å². The van der Waals surface area contributed by atoms with Crippen LogP contribution in [0.15, 0.2) is 9.59 Å². The minimum absolute atomic E-state index is 0.0715. The van der Waals surface area contributed by atoms with Gasteiger partial charge in [-0.05, 0) is 0 Å². The molecule has 23 heavy (non-hydrogen) atoms. The first kappa shape index (κ1) is 18.8. The smallest absolute Gasteiger partial charge is 0.328 e. The molecule has 1 amide bonds. The predicted molar refractivity (Wildman–Crippen MR) is 77.2 cm³/mol. The zero-order valence-corrected chi connectivity index (χ0v) is 12.3. The molecule has 1 heterocycles. The minimum atomic E-state index is -1.71. The Morgan fingerprint density at radius 2 is 1.87 bits per heavy atom. The average molecular weight is 333 g/mol. The molecule has 1 rings (SSSR count). The number of amides is 1. The monoisotopic (exact) mass is 333 g/mol. The number of H-pyrrole nitrogens is 2. The summed E-state index contributed by atoms with van der Waals surface area (Å²) in [5, 5.41) is 39.2. The molecule has 0 aliphatic heterocycles. The zero-order chi connectivity index (χ0) is 17.6. The molecule has 0 unspecified atom stereocenters. The summed E-state index contributed by atoms with van der Waals surface area (Å²) < 4.78 is 5.03. The van der Waals surface area contributed by atoms with Gasteiger partial charge in [0, 0.05) is 6.42 Å². The molecule has 0 bridgehead atoms. The molecule has 0 aliphatic rings. The van der Waals surface area contributed by atoms with E-state index < -0.39 is 54.6 Å². The van der Waals surface area contributed by atoms with Gasteiger partial charge in [-0.2, -0.15) is 0 Å². The fourth-order valence-electron chi connectivity index (χ4n) is 1.55. The maximum atomic E-state index is 11.7. The highest BCUT2D eigenvalue weighted by Crippen LogP contribution is 2.15. The largest absolute Gasteiger partial charge is 0.474 e. The Bertz CT molecular complexity index is 640. The molecule has 130 valence electrons. The second-order valence-corrected chi connectivity index (χ2v) is 4.63. The zero-order valence-electron chi connectivity index (χ0n) is 12.3. The van der Waals surface area contributed by atoms with Crippen LogP contribution in [-0.2, 0) is 4.79 Å². The van der Waals surface area contributed by atoms with E-state index in [1.165, 1.54) is 0 Å². The van der Waals surface area contributed by atoms with Gasteiger partial charge in [-0.1, -0.05) is 6.92 Å². The number of nitrogens with one attached hydrogen (secondary N) is 3. The third kappa shape index (κ3) is 5.17. The van der Waals surface area contributed by atoms with E-state index in [-0.39, 0.29) is 12.1 Å². The van der Waals surface area contributed by atoms with Gasteiger partial charge in [-0.3, -0.25) is 19.6 Å². The molecule has 0 fully saturated rings. The number of hydrogen-bond donors (Lipinski definition) is 7. The van der Waals surface area contributed by atoms with E-state index in [1.807, 2.05) is 4.98 Å². The number of aliphatic hydroxyl groups is 4. The van der Waals surface area contributed by atoms with E-state index in [0.29, 0.717) is 0 Å². The molecule has 0 aromatic carbocycles. The number of rotatable bonds is 8. The number of aromatic amines is 2. The Balaban J connectivity index is 2.93. The van der Waals surface area contributed by atoms with Crippen LogP contribution in [-0.4, -0.2) is 67.8 Å². The lowest BCUT2D eigenvalue weighted by atomic mass is 10.1. The van der Waals surface area contributed by atoms with E-state index in [1.54, 1.807) is 6.92 Å². The average Bonchev–Trinajstić information content (AvgIpc) is 2.53. The summed E-state index contributed by atoms with van der Waals surface area (Å²) in [7, 11) is 0. The first-order valence-electron chi connectivity index (χ1n) is 6.74. The molecule has 7 N–H and O–H groups in total. The number of anilines is 1. The van der Waals surface area contributed by atoms with Crippen LogP contribution in [0.3, 0.4) is 0 Å². The lowest BCUT2D eigenvalue weighted by molar-refractivity contribution is -0.115. The lowest BCUT2D eigenvalue weighted by Crippen LogP contribution is -2.42. The molecule has 0 saturated carbocycles. The third-order valence-corrected chi connectivity index (χ3v) is 2.87. The summed E-state index contributed by atoms with van der Waals surface area (Å²) in [5.74, 6) is -0.922. The van der Waals surface area contributed by atoms with Crippen LogP contribution in [0.25, 0.3) is 0 Å². The Morgan fingerprint density at radius 3 is 2.43 bits per heavy atom. The Morgan fingerprint density at radius 1 is 1.22 bits per heavy atom. The molecule has 0 aliphatic carbocycles. The summed E-state index contributed by atoms with van der Waals surface area (Å²) in [5.41, 5.74) is -2.17. The topological polar surface area (TPSA) is 185 Å². The molecule has 0 spiro atoms. The maximum absolute atomic E-state index is 11.7. The van der Waals surface area contributed by atoms with Crippen molar-refractivity contribution in [1.29, 1.82) is 0 Å². The van der Waals surface area contributed by atoms with Crippen molar-refractivity contribution in [3.8, 4) is 5.88 Å². The number of hydrogen-bond acceptors (Lipinski definition) is 8. The molecule has 1 aromatic rings. The van der Waals surface area contributed by atoms with Crippen molar-refractivity contribution < 1.29 is 30.0 Å². The van der Waals surface area contributed by atoms with Crippen LogP contribution < -0.4 is 21.3 Å². The van der Waals surface area contributed by atoms with Gasteiger partial charge < -0.3 is 30.5 Å². The molecule has 11 nitrogen and oxygen atoms in total. The quantitative estimate of drug-likeness (QED) is 0.260. The van der Waals surface area contributed by atoms with Crippen LogP contribution in [0.2, 0.25) is 0 Å². The summed E-state index contributed by atoms with van der Waals surface area (Å²) >= 11 is 0. The second kappa shape index (κ2) is 8.43. The van der Waals surface area contributed by atoms with Crippen LogP contribution in [0.1, 0.15) is 13.3 Å². The van der Waals surface area contributed by atoms with Gasteiger partial charge in [0.15, 0.2) is 5.69 Å². The van der Waals surface area contributed by atoms with Crippen molar-refractivity contribution in [2.45, 2.75) is 31.7 Å². The van der Waals surface area contributed by atoms with Gasteiger partial charge in [-0.25, -0.2) is 4.79 Å². The van der Waals surface area contributed by atoms with Crippen LogP contribution in [0, 0.1) is 0 Å². The van der Waals surface area contributed by atoms with Crippen LogP contribution in [0.4, 0.5) is 5.69 Å². The first-order chi connectivity index (χ1) is 10.8. The van der Waals surface area contributed by atoms with Crippen molar-refractivity contribution in [1.82, 2.24) is 9.97 Å². The second-order valence-electron chi connectivity index (χ2n) is 4.63. The Kier molecular flexibility index (Phi) is 6.90. The molecule has 11 heteroatoms. The van der Waals surface area contributed by atoms with Crippen molar-refractivity contribution in [2.75, 3.05) is 18.5 Å². The van der Waals surface area contributed by atoms with E-state index in [0.717, 1.165) is 0 Å². The van der Waals surface area contributed by atoms with Gasteiger partial charge in [0.25, 0.3) is 5.56 Å². The van der Waals surface area contributed by atoms with Gasteiger partial charge in [0.2, 0.25) is 11.8 Å². The number of ether oxygens (including phenoxy) is 1. The predicted octanol–water partition coefficient (Wildman–Crippen LogP) is -3.13. The number of aromatic nitrogens is 2. The summed E-state index contributed by atoms with van der Waals surface area (Å²) in [6.45, 7) is 0.149. The van der Waals surface area contributed by atoms with E-state index in [2.05, 4.69) is 10.3 Å². The summed E-state index contributed by atoms with van der Waals surface area (Å²) in [6.07, 6.45) is -4.84. The van der Waals surface area contributed by atoms with E-state index in [9.17, 15) is 29.7 Å². The summed E-state index contributed by atoms with van der Waals surface area (Å²) in [4.78, 5) is 38.4. The van der Waals surface area contributed by atoms with Crippen molar-refractivity contribution in [2.24, 2.45) is 0 Å². The van der Waals surface area contributed by atoms with Crippen LogP contribution in [0.5, 0.6) is 5.88 Å². The normalized spacial score (nSPS) is 14.8. The fraction of sp³-hybridized carbons (Fsp3) is 0.583. The maximum Gasteiger partial charge on any atom is 0.328 e.